The number of rotatable bonds is 4. The van der Waals surface area contributed by atoms with E-state index in [1.807, 2.05) is 0 Å². The molecule has 1 N–H and O–H groups in total. The molecule has 0 aromatic heterocycles. The number of carboxylic acids is 1. The van der Waals surface area contributed by atoms with Crippen LogP contribution < -0.4 is 0 Å². The lowest BCUT2D eigenvalue weighted by atomic mass is 10.2. The van der Waals surface area contributed by atoms with Gasteiger partial charge < -0.3 is 5.11 Å². The SMILES string of the molecule is Cc1cc(S(=O)(=O)CCC(=O)O)ccc1Br. The molecule has 0 unspecified atom stereocenters. The molecule has 1 aromatic rings. The van der Waals surface area contributed by atoms with Crippen molar-refractivity contribution in [2.75, 3.05) is 5.75 Å². The third-order valence-corrected chi connectivity index (χ3v) is 4.68. The number of hydrogen-bond acceptors (Lipinski definition) is 3. The number of halogens is 1. The Kier molecular flexibility index (Phi) is 4.09. The summed E-state index contributed by atoms with van der Waals surface area (Å²) in [5, 5.41) is 8.45. The van der Waals surface area contributed by atoms with Crippen molar-refractivity contribution in [3.05, 3.63) is 28.2 Å². The number of aryl methyl sites for hydroxylation is 1. The first kappa shape index (κ1) is 13.2. The predicted molar refractivity (Wildman–Crippen MR) is 63.2 cm³/mol. The third-order valence-electron chi connectivity index (χ3n) is 2.07. The van der Waals surface area contributed by atoms with Gasteiger partial charge in [0.25, 0.3) is 0 Å². The van der Waals surface area contributed by atoms with Crippen LogP contribution in [0.1, 0.15) is 12.0 Å². The van der Waals surface area contributed by atoms with E-state index in [1.165, 1.54) is 12.1 Å². The van der Waals surface area contributed by atoms with Crippen LogP contribution in [0.25, 0.3) is 0 Å². The van der Waals surface area contributed by atoms with Crippen LogP contribution in [0.4, 0.5) is 0 Å². The third kappa shape index (κ3) is 3.31. The number of benzene rings is 1. The molecule has 0 fully saturated rings. The smallest absolute Gasteiger partial charge is 0.304 e. The van der Waals surface area contributed by atoms with Crippen molar-refractivity contribution < 1.29 is 18.3 Å². The van der Waals surface area contributed by atoms with Gasteiger partial charge in [-0.2, -0.15) is 0 Å². The van der Waals surface area contributed by atoms with E-state index in [-0.39, 0.29) is 17.1 Å². The van der Waals surface area contributed by atoms with E-state index in [9.17, 15) is 13.2 Å². The summed E-state index contributed by atoms with van der Waals surface area (Å²) in [7, 11) is -3.50. The highest BCUT2D eigenvalue weighted by molar-refractivity contribution is 9.10. The molecule has 0 radical (unpaired) electrons. The van der Waals surface area contributed by atoms with Crippen molar-refractivity contribution in [3.8, 4) is 0 Å². The second kappa shape index (κ2) is 4.97. The van der Waals surface area contributed by atoms with E-state index >= 15 is 0 Å². The average Bonchev–Trinajstić information content (AvgIpc) is 2.19. The summed E-state index contributed by atoms with van der Waals surface area (Å²) >= 11 is 3.27. The van der Waals surface area contributed by atoms with Crippen LogP contribution in [-0.4, -0.2) is 25.2 Å². The van der Waals surface area contributed by atoms with Gasteiger partial charge >= 0.3 is 5.97 Å². The van der Waals surface area contributed by atoms with Gasteiger partial charge in [-0.05, 0) is 30.7 Å². The van der Waals surface area contributed by atoms with E-state index in [0.29, 0.717) is 0 Å². The summed E-state index contributed by atoms with van der Waals surface area (Å²) in [5.74, 6) is -1.49. The molecule has 0 aliphatic rings. The largest absolute Gasteiger partial charge is 0.481 e. The highest BCUT2D eigenvalue weighted by Gasteiger charge is 2.16. The second-order valence-corrected chi connectivity index (χ2v) is 6.34. The lowest BCUT2D eigenvalue weighted by Crippen LogP contribution is -2.11. The monoisotopic (exact) mass is 306 g/mol. The Labute approximate surface area is 102 Å². The molecule has 0 heterocycles. The van der Waals surface area contributed by atoms with Gasteiger partial charge in [0.1, 0.15) is 0 Å². The van der Waals surface area contributed by atoms with E-state index in [4.69, 9.17) is 5.11 Å². The predicted octanol–water partition coefficient (Wildman–Crippen LogP) is 2.01. The summed E-state index contributed by atoms with van der Waals surface area (Å²) in [6.45, 7) is 1.78. The van der Waals surface area contributed by atoms with Gasteiger partial charge in [-0.3, -0.25) is 4.79 Å². The van der Waals surface area contributed by atoms with E-state index in [0.717, 1.165) is 10.0 Å². The molecule has 1 aromatic carbocycles. The highest BCUT2D eigenvalue weighted by atomic mass is 79.9. The topological polar surface area (TPSA) is 71.4 Å². The molecule has 0 saturated carbocycles. The maximum Gasteiger partial charge on any atom is 0.304 e. The van der Waals surface area contributed by atoms with Gasteiger partial charge in [0.2, 0.25) is 0 Å². The number of carbonyl (C=O) groups is 1. The van der Waals surface area contributed by atoms with Crippen molar-refractivity contribution in [2.45, 2.75) is 18.2 Å². The Morgan fingerprint density at radius 2 is 2.06 bits per heavy atom. The molecule has 6 heteroatoms. The van der Waals surface area contributed by atoms with Gasteiger partial charge in [-0.1, -0.05) is 15.9 Å². The van der Waals surface area contributed by atoms with Crippen LogP contribution in [0.3, 0.4) is 0 Å². The minimum atomic E-state index is -3.50. The molecule has 0 aliphatic carbocycles. The normalized spacial score (nSPS) is 11.4. The second-order valence-electron chi connectivity index (χ2n) is 3.37. The molecule has 1 rings (SSSR count). The number of aliphatic carboxylic acids is 1. The Morgan fingerprint density at radius 3 is 2.56 bits per heavy atom. The number of hydrogen-bond donors (Lipinski definition) is 1. The minimum absolute atomic E-state index is 0.162. The molecule has 4 nitrogen and oxygen atoms in total. The summed E-state index contributed by atoms with van der Waals surface area (Å²) in [6.07, 6.45) is -0.378. The van der Waals surface area contributed by atoms with E-state index in [2.05, 4.69) is 15.9 Å². The van der Waals surface area contributed by atoms with Crippen LogP contribution in [0, 0.1) is 6.92 Å². The molecule has 0 spiro atoms. The van der Waals surface area contributed by atoms with Crippen molar-refractivity contribution in [1.82, 2.24) is 0 Å². The summed E-state index contributed by atoms with van der Waals surface area (Å²) in [5.41, 5.74) is 0.802. The number of carboxylic acid groups (broad SMARTS) is 1. The Bertz CT molecular complexity index is 508. The standard InChI is InChI=1S/C10H11BrO4S/c1-7-6-8(2-3-9(7)11)16(14,15)5-4-10(12)13/h2-3,6H,4-5H2,1H3,(H,12,13). The molecule has 0 saturated heterocycles. The maximum atomic E-state index is 11.7. The molecule has 16 heavy (non-hydrogen) atoms. The molecule has 0 atom stereocenters. The Hall–Kier alpha value is -0.880. The molecule has 0 aliphatic heterocycles. The molecular weight excluding hydrogens is 296 g/mol. The highest BCUT2D eigenvalue weighted by Crippen LogP contribution is 2.21. The van der Waals surface area contributed by atoms with E-state index in [1.54, 1.807) is 13.0 Å². The van der Waals surface area contributed by atoms with Crippen LogP contribution in [0.15, 0.2) is 27.6 Å². The summed E-state index contributed by atoms with van der Waals surface area (Å²) in [6, 6.07) is 4.64. The van der Waals surface area contributed by atoms with Crippen molar-refractivity contribution in [1.29, 1.82) is 0 Å². The maximum absolute atomic E-state index is 11.7. The molecular formula is C10H11BrO4S. The molecule has 0 amide bonds. The Balaban J connectivity index is 2.99. The first-order chi connectivity index (χ1) is 7.33. The van der Waals surface area contributed by atoms with Crippen molar-refractivity contribution >= 4 is 31.7 Å². The Morgan fingerprint density at radius 1 is 1.44 bits per heavy atom. The van der Waals surface area contributed by atoms with Crippen molar-refractivity contribution in [2.24, 2.45) is 0 Å². The van der Waals surface area contributed by atoms with Gasteiger partial charge in [-0.25, -0.2) is 8.42 Å². The average molecular weight is 307 g/mol. The fraction of sp³-hybridized carbons (Fsp3) is 0.300. The molecule has 0 bridgehead atoms. The quantitative estimate of drug-likeness (QED) is 0.923. The van der Waals surface area contributed by atoms with E-state index < -0.39 is 15.8 Å². The fourth-order valence-corrected chi connectivity index (χ4v) is 2.71. The molecule has 88 valence electrons. The zero-order valence-corrected chi connectivity index (χ0v) is 11.0. The van der Waals surface area contributed by atoms with Gasteiger partial charge in [-0.15, -0.1) is 0 Å². The zero-order valence-electron chi connectivity index (χ0n) is 8.60. The lowest BCUT2D eigenvalue weighted by Gasteiger charge is -2.05. The summed E-state index contributed by atoms with van der Waals surface area (Å²) in [4.78, 5) is 10.5. The van der Waals surface area contributed by atoms with Gasteiger partial charge in [0.15, 0.2) is 9.84 Å². The summed E-state index contributed by atoms with van der Waals surface area (Å²) < 4.78 is 24.3. The van der Waals surface area contributed by atoms with Crippen LogP contribution in [0.5, 0.6) is 0 Å². The lowest BCUT2D eigenvalue weighted by molar-refractivity contribution is -0.136. The first-order valence-corrected chi connectivity index (χ1v) is 6.98. The zero-order chi connectivity index (χ0) is 12.3. The van der Waals surface area contributed by atoms with Crippen LogP contribution in [-0.2, 0) is 14.6 Å². The van der Waals surface area contributed by atoms with Gasteiger partial charge in [0, 0.05) is 4.47 Å². The fourth-order valence-electron chi connectivity index (χ4n) is 1.15. The minimum Gasteiger partial charge on any atom is -0.481 e. The van der Waals surface area contributed by atoms with Gasteiger partial charge in [0.05, 0.1) is 17.1 Å². The first-order valence-electron chi connectivity index (χ1n) is 4.53. The van der Waals surface area contributed by atoms with Crippen LogP contribution >= 0.6 is 15.9 Å². The van der Waals surface area contributed by atoms with Crippen molar-refractivity contribution in [3.63, 3.8) is 0 Å². The van der Waals surface area contributed by atoms with Crippen LogP contribution in [0.2, 0.25) is 0 Å². The number of sulfone groups is 1.